The smallest absolute Gasteiger partial charge is 0.337 e. The number of para-hydroxylation sites is 1. The zero-order valence-electron chi connectivity index (χ0n) is 15.0. The molecule has 136 valence electrons. The van der Waals surface area contributed by atoms with Crippen LogP contribution in [-0.2, 0) is 4.74 Å². The van der Waals surface area contributed by atoms with Crippen LogP contribution in [0.3, 0.4) is 0 Å². The van der Waals surface area contributed by atoms with Crippen molar-refractivity contribution in [2.24, 2.45) is 0 Å². The number of aromatic nitrogens is 1. The molecule has 2 aromatic carbocycles. The van der Waals surface area contributed by atoms with Crippen molar-refractivity contribution < 1.29 is 14.3 Å². The molecule has 0 unspecified atom stereocenters. The third kappa shape index (κ3) is 4.30. The van der Waals surface area contributed by atoms with Crippen molar-refractivity contribution in [2.45, 2.75) is 0 Å². The van der Waals surface area contributed by atoms with Crippen LogP contribution in [0.15, 0.2) is 73.1 Å². The van der Waals surface area contributed by atoms with E-state index in [9.17, 15) is 9.59 Å². The van der Waals surface area contributed by atoms with E-state index >= 15 is 0 Å². The Morgan fingerprint density at radius 3 is 2.41 bits per heavy atom. The molecule has 0 fully saturated rings. The summed E-state index contributed by atoms with van der Waals surface area (Å²) in [5.41, 5.74) is 3.03. The number of hydrogen-bond acceptors (Lipinski definition) is 5. The minimum Gasteiger partial charge on any atom is -0.465 e. The van der Waals surface area contributed by atoms with Crippen LogP contribution in [0.1, 0.15) is 20.7 Å². The fourth-order valence-electron chi connectivity index (χ4n) is 2.60. The molecule has 1 aromatic heterocycles. The van der Waals surface area contributed by atoms with Crippen LogP contribution in [0.5, 0.6) is 0 Å². The number of nitrogens with one attached hydrogen (secondary N) is 1. The maximum atomic E-state index is 12.7. The van der Waals surface area contributed by atoms with Crippen molar-refractivity contribution in [3.8, 4) is 0 Å². The first kappa shape index (κ1) is 18.1. The normalized spacial score (nSPS) is 10.1. The third-order valence-corrected chi connectivity index (χ3v) is 4.01. The molecule has 6 heteroatoms. The molecule has 0 saturated heterocycles. The summed E-state index contributed by atoms with van der Waals surface area (Å²) in [5, 5.41) is 3.16. The number of anilines is 3. The van der Waals surface area contributed by atoms with E-state index in [2.05, 4.69) is 10.3 Å². The molecule has 6 nitrogen and oxygen atoms in total. The Morgan fingerprint density at radius 2 is 1.67 bits per heavy atom. The molecule has 27 heavy (non-hydrogen) atoms. The lowest BCUT2D eigenvalue weighted by Crippen LogP contribution is -2.26. The lowest BCUT2D eigenvalue weighted by atomic mass is 10.2. The highest BCUT2D eigenvalue weighted by Crippen LogP contribution is 2.20. The van der Waals surface area contributed by atoms with Gasteiger partial charge in [0, 0.05) is 24.6 Å². The molecule has 0 bridgehead atoms. The summed E-state index contributed by atoms with van der Waals surface area (Å²) in [7, 11) is 3.06. The van der Waals surface area contributed by atoms with Crippen LogP contribution in [0.25, 0.3) is 0 Å². The molecule has 1 amide bonds. The summed E-state index contributed by atoms with van der Waals surface area (Å²) in [6.45, 7) is 0. The number of rotatable bonds is 5. The Hall–Kier alpha value is -3.67. The molecule has 0 saturated carbocycles. The second-order valence-electron chi connectivity index (χ2n) is 5.86. The maximum absolute atomic E-state index is 12.7. The van der Waals surface area contributed by atoms with Crippen molar-refractivity contribution in [3.05, 3.63) is 84.2 Å². The van der Waals surface area contributed by atoms with Gasteiger partial charge in [0.15, 0.2) is 0 Å². The molecule has 1 N–H and O–H groups in total. The number of esters is 1. The van der Waals surface area contributed by atoms with E-state index < -0.39 is 5.97 Å². The number of ether oxygens (including phenoxy) is 1. The third-order valence-electron chi connectivity index (χ3n) is 4.01. The van der Waals surface area contributed by atoms with Gasteiger partial charge < -0.3 is 15.0 Å². The van der Waals surface area contributed by atoms with Gasteiger partial charge in [-0.2, -0.15) is 0 Å². The summed E-state index contributed by atoms with van der Waals surface area (Å²) in [5.74, 6) is -0.578. The Balaban J connectivity index is 1.80. The summed E-state index contributed by atoms with van der Waals surface area (Å²) in [6, 6.07) is 18.0. The maximum Gasteiger partial charge on any atom is 0.337 e. The van der Waals surface area contributed by atoms with Gasteiger partial charge in [-0.05, 0) is 36.4 Å². The molecular formula is C21H19N3O3. The minimum absolute atomic E-state index is 0.166. The number of carbonyl (C=O) groups is 2. The Bertz CT molecular complexity index is 958. The lowest BCUT2D eigenvalue weighted by Gasteiger charge is -2.17. The van der Waals surface area contributed by atoms with Crippen LogP contribution in [0, 0.1) is 0 Å². The molecule has 0 aliphatic carbocycles. The van der Waals surface area contributed by atoms with Gasteiger partial charge in [0.1, 0.15) is 0 Å². The van der Waals surface area contributed by atoms with Gasteiger partial charge in [0.25, 0.3) is 5.91 Å². The molecule has 1 heterocycles. The summed E-state index contributed by atoms with van der Waals surface area (Å²) < 4.78 is 4.73. The van der Waals surface area contributed by atoms with Gasteiger partial charge in [0.2, 0.25) is 0 Å². The van der Waals surface area contributed by atoms with Crippen LogP contribution in [0.4, 0.5) is 17.1 Å². The lowest BCUT2D eigenvalue weighted by molar-refractivity contribution is 0.0600. The van der Waals surface area contributed by atoms with Crippen LogP contribution in [0.2, 0.25) is 0 Å². The van der Waals surface area contributed by atoms with Gasteiger partial charge in [-0.1, -0.05) is 24.3 Å². The van der Waals surface area contributed by atoms with E-state index in [0.717, 1.165) is 5.69 Å². The quantitative estimate of drug-likeness (QED) is 0.698. The van der Waals surface area contributed by atoms with E-state index in [-0.39, 0.29) is 5.91 Å². The summed E-state index contributed by atoms with van der Waals surface area (Å²) in [4.78, 5) is 30.1. The molecular weight excluding hydrogens is 342 g/mol. The first-order valence-electron chi connectivity index (χ1n) is 8.32. The number of methoxy groups -OCH3 is 1. The Morgan fingerprint density at radius 1 is 0.926 bits per heavy atom. The second-order valence-corrected chi connectivity index (χ2v) is 5.86. The van der Waals surface area contributed by atoms with Crippen molar-refractivity contribution in [1.82, 2.24) is 4.98 Å². The van der Waals surface area contributed by atoms with Crippen LogP contribution >= 0.6 is 0 Å². The van der Waals surface area contributed by atoms with Crippen LogP contribution < -0.4 is 10.2 Å². The first-order chi connectivity index (χ1) is 13.1. The largest absolute Gasteiger partial charge is 0.465 e. The van der Waals surface area contributed by atoms with Gasteiger partial charge in [-0.25, -0.2) is 4.79 Å². The van der Waals surface area contributed by atoms with Gasteiger partial charge in [0.05, 0.1) is 30.1 Å². The first-order valence-corrected chi connectivity index (χ1v) is 8.32. The van der Waals surface area contributed by atoms with Crippen molar-refractivity contribution in [3.63, 3.8) is 0 Å². The molecule has 0 radical (unpaired) electrons. The average molecular weight is 361 g/mol. The molecule has 0 aliphatic rings. The fraction of sp³-hybridized carbons (Fsp3) is 0.0952. The minimum atomic E-state index is -0.412. The molecule has 0 spiro atoms. The highest BCUT2D eigenvalue weighted by Gasteiger charge is 2.14. The number of pyridine rings is 1. The van der Waals surface area contributed by atoms with E-state index in [4.69, 9.17) is 4.74 Å². The zero-order valence-corrected chi connectivity index (χ0v) is 15.0. The fourth-order valence-corrected chi connectivity index (χ4v) is 2.60. The topological polar surface area (TPSA) is 71.5 Å². The predicted molar refractivity (Wildman–Crippen MR) is 104 cm³/mol. The van der Waals surface area contributed by atoms with E-state index in [0.29, 0.717) is 22.5 Å². The Kier molecular flexibility index (Phi) is 5.47. The number of nitrogens with zero attached hydrogens (tertiary/aromatic N) is 2. The van der Waals surface area contributed by atoms with Crippen molar-refractivity contribution in [1.29, 1.82) is 0 Å². The zero-order chi connectivity index (χ0) is 19.2. The Labute approximate surface area is 157 Å². The summed E-state index contributed by atoms with van der Waals surface area (Å²) >= 11 is 0. The standard InChI is InChI=1S/C21H19N3O3/c1-24(19-9-4-3-5-10-19)20(25)16-12-18(14-22-13-16)23-17-8-6-7-15(11-17)21(26)27-2/h3-14,23H,1-2H3. The second kappa shape index (κ2) is 8.14. The SMILES string of the molecule is COC(=O)c1cccc(Nc2cncc(C(=O)N(C)c3ccccc3)c2)c1. The highest BCUT2D eigenvalue weighted by molar-refractivity contribution is 6.06. The molecule has 3 aromatic rings. The monoisotopic (exact) mass is 361 g/mol. The number of hydrogen-bond donors (Lipinski definition) is 1. The van der Waals surface area contributed by atoms with E-state index in [1.807, 2.05) is 36.4 Å². The summed E-state index contributed by atoms with van der Waals surface area (Å²) in [6.07, 6.45) is 3.14. The predicted octanol–water partition coefficient (Wildman–Crippen LogP) is 3.89. The molecule has 0 atom stereocenters. The molecule has 0 aliphatic heterocycles. The van der Waals surface area contributed by atoms with Gasteiger partial charge in [-0.15, -0.1) is 0 Å². The number of carbonyl (C=O) groups excluding carboxylic acids is 2. The van der Waals surface area contributed by atoms with Gasteiger partial charge in [-0.3, -0.25) is 9.78 Å². The van der Waals surface area contributed by atoms with Crippen LogP contribution in [-0.4, -0.2) is 31.0 Å². The average Bonchev–Trinajstić information content (AvgIpc) is 2.73. The number of benzene rings is 2. The van der Waals surface area contributed by atoms with E-state index in [1.165, 1.54) is 13.3 Å². The van der Waals surface area contributed by atoms with Gasteiger partial charge >= 0.3 is 5.97 Å². The number of amides is 1. The molecule has 3 rings (SSSR count). The highest BCUT2D eigenvalue weighted by atomic mass is 16.5. The van der Waals surface area contributed by atoms with Crippen molar-refractivity contribution in [2.75, 3.05) is 24.4 Å². The van der Waals surface area contributed by atoms with Crippen molar-refractivity contribution >= 4 is 28.9 Å². The van der Waals surface area contributed by atoms with E-state index in [1.54, 1.807) is 42.4 Å².